The average molecular weight is 301 g/mol. The monoisotopic (exact) mass is 301 g/mol. The van der Waals surface area contributed by atoms with Gasteiger partial charge in [0.05, 0.1) is 19.0 Å². The topological polar surface area (TPSA) is 63.7 Å². The molecule has 0 amide bonds. The lowest BCUT2D eigenvalue weighted by Crippen LogP contribution is -2.49. The van der Waals surface area contributed by atoms with Crippen molar-refractivity contribution in [3.63, 3.8) is 0 Å². The fourth-order valence-corrected chi connectivity index (χ4v) is 6.52. The molecule has 3 rings (SSSR count). The second-order valence-electron chi connectivity index (χ2n) is 6.93. The number of Topliss-reactive ketones (excluding diaryl/α,β-unsaturated/α-hetero) is 1. The van der Waals surface area contributed by atoms with Gasteiger partial charge in [0.25, 0.3) is 0 Å². The largest absolute Gasteiger partial charge is 0.379 e. The molecule has 6 heteroatoms. The Morgan fingerprint density at radius 1 is 1.30 bits per heavy atom. The molecule has 3 fully saturated rings. The summed E-state index contributed by atoms with van der Waals surface area (Å²) in [6.45, 7) is 5.88. The minimum Gasteiger partial charge on any atom is -0.379 e. The number of ether oxygens (including phenoxy) is 1. The molecule has 2 aliphatic carbocycles. The molecule has 0 aromatic heterocycles. The van der Waals surface area contributed by atoms with Gasteiger partial charge in [-0.1, -0.05) is 13.8 Å². The summed E-state index contributed by atoms with van der Waals surface area (Å²) in [5.41, 5.74) is -0.849. The third-order valence-corrected chi connectivity index (χ3v) is 7.94. The van der Waals surface area contributed by atoms with Gasteiger partial charge in [-0.25, -0.2) is 8.42 Å². The predicted octanol–water partition coefficient (Wildman–Crippen LogP) is 1.04. The van der Waals surface area contributed by atoms with E-state index < -0.39 is 15.4 Å². The van der Waals surface area contributed by atoms with Gasteiger partial charge in [0.1, 0.15) is 5.78 Å². The average Bonchev–Trinajstić information content (AvgIpc) is 2.73. The van der Waals surface area contributed by atoms with Crippen molar-refractivity contribution in [1.82, 2.24) is 4.31 Å². The smallest absolute Gasteiger partial charge is 0.215 e. The zero-order valence-electron chi connectivity index (χ0n) is 12.2. The summed E-state index contributed by atoms with van der Waals surface area (Å²) in [6, 6.07) is 0. The summed E-state index contributed by atoms with van der Waals surface area (Å²) in [6.07, 6.45) is 2.27. The second-order valence-corrected chi connectivity index (χ2v) is 8.90. The van der Waals surface area contributed by atoms with Crippen molar-refractivity contribution >= 4 is 15.8 Å². The summed E-state index contributed by atoms with van der Waals surface area (Å²) in [4.78, 5) is 12.4. The minimum atomic E-state index is -3.38. The molecule has 3 aliphatic rings. The van der Waals surface area contributed by atoms with Crippen molar-refractivity contribution in [2.75, 3.05) is 32.1 Å². The van der Waals surface area contributed by atoms with Gasteiger partial charge in [-0.05, 0) is 24.2 Å². The lowest BCUT2D eigenvalue weighted by molar-refractivity contribution is -0.128. The van der Waals surface area contributed by atoms with Crippen LogP contribution in [0.15, 0.2) is 0 Å². The Morgan fingerprint density at radius 3 is 2.45 bits per heavy atom. The second kappa shape index (κ2) is 4.52. The number of fused-ring (bicyclic) bond motifs is 2. The Bertz CT molecular complexity index is 521. The first-order valence-electron chi connectivity index (χ1n) is 7.38. The van der Waals surface area contributed by atoms with Crippen LogP contribution in [0.5, 0.6) is 0 Å². The van der Waals surface area contributed by atoms with Gasteiger partial charge in [0, 0.05) is 24.9 Å². The summed E-state index contributed by atoms with van der Waals surface area (Å²) < 4.78 is 32.1. The summed E-state index contributed by atoms with van der Waals surface area (Å²) in [5.74, 6) is 0.507. The molecule has 0 radical (unpaired) electrons. The molecule has 0 N–H and O–H groups in total. The van der Waals surface area contributed by atoms with Crippen LogP contribution in [0.25, 0.3) is 0 Å². The van der Waals surface area contributed by atoms with Crippen molar-refractivity contribution in [2.45, 2.75) is 33.1 Å². The van der Waals surface area contributed by atoms with Crippen LogP contribution < -0.4 is 0 Å². The Hall–Kier alpha value is -0.460. The van der Waals surface area contributed by atoms with Crippen LogP contribution in [0.3, 0.4) is 0 Å². The van der Waals surface area contributed by atoms with Gasteiger partial charge in [-0.2, -0.15) is 4.31 Å². The Labute approximate surface area is 120 Å². The van der Waals surface area contributed by atoms with E-state index in [0.717, 1.165) is 12.8 Å². The van der Waals surface area contributed by atoms with Crippen LogP contribution in [0.4, 0.5) is 0 Å². The highest BCUT2D eigenvalue weighted by molar-refractivity contribution is 7.89. The van der Waals surface area contributed by atoms with E-state index in [1.165, 1.54) is 4.31 Å². The fourth-order valence-electron chi connectivity index (χ4n) is 4.34. The van der Waals surface area contributed by atoms with Gasteiger partial charge in [0.2, 0.25) is 10.0 Å². The number of carbonyl (C=O) groups is 1. The molecule has 2 atom stereocenters. The molecule has 0 aromatic carbocycles. The van der Waals surface area contributed by atoms with Crippen LogP contribution in [-0.2, 0) is 19.6 Å². The van der Waals surface area contributed by atoms with Crippen LogP contribution >= 0.6 is 0 Å². The van der Waals surface area contributed by atoms with Crippen molar-refractivity contribution in [1.29, 1.82) is 0 Å². The predicted molar refractivity (Wildman–Crippen MR) is 74.7 cm³/mol. The highest BCUT2D eigenvalue weighted by Gasteiger charge is 2.65. The molecule has 2 saturated carbocycles. The van der Waals surface area contributed by atoms with E-state index in [4.69, 9.17) is 4.74 Å². The van der Waals surface area contributed by atoms with Gasteiger partial charge < -0.3 is 4.74 Å². The quantitative estimate of drug-likeness (QED) is 0.781. The molecule has 0 unspecified atom stereocenters. The van der Waals surface area contributed by atoms with E-state index in [1.807, 2.05) is 0 Å². The number of rotatable bonds is 3. The third-order valence-electron chi connectivity index (χ3n) is 5.93. The minimum absolute atomic E-state index is 0.0116. The van der Waals surface area contributed by atoms with E-state index >= 15 is 0 Å². The first-order chi connectivity index (χ1) is 9.30. The first kappa shape index (κ1) is 14.5. The van der Waals surface area contributed by atoms with Crippen LogP contribution in [0.1, 0.15) is 33.1 Å². The number of nitrogens with zero attached hydrogens (tertiary/aromatic N) is 1. The zero-order chi connectivity index (χ0) is 14.6. The third kappa shape index (κ3) is 1.88. The number of carbonyl (C=O) groups excluding carboxylic acids is 1. The molecule has 1 saturated heterocycles. The maximum Gasteiger partial charge on any atom is 0.215 e. The Morgan fingerprint density at radius 2 is 1.95 bits per heavy atom. The summed E-state index contributed by atoms with van der Waals surface area (Å²) in [7, 11) is -3.38. The van der Waals surface area contributed by atoms with Crippen molar-refractivity contribution < 1.29 is 17.9 Å². The standard InChI is InChI=1S/C14H23NO4S/c1-13(2)11-3-4-14(13,12(16)9-11)10-20(17,18)15-5-7-19-8-6-15/h11H,3-10H2,1-2H3/t11-,14+/m1/s1. The molecule has 1 aliphatic heterocycles. The summed E-state index contributed by atoms with van der Waals surface area (Å²) >= 11 is 0. The number of ketones is 1. The van der Waals surface area contributed by atoms with Crippen molar-refractivity contribution in [3.05, 3.63) is 0 Å². The maximum atomic E-state index is 12.7. The normalized spacial score (nSPS) is 37.5. The van der Waals surface area contributed by atoms with E-state index in [1.54, 1.807) is 0 Å². The Kier molecular flexibility index (Phi) is 3.27. The van der Waals surface area contributed by atoms with E-state index in [2.05, 4.69) is 13.8 Å². The van der Waals surface area contributed by atoms with E-state index in [0.29, 0.717) is 38.6 Å². The number of morpholine rings is 1. The molecule has 0 aromatic rings. The van der Waals surface area contributed by atoms with Gasteiger partial charge >= 0.3 is 0 Å². The number of hydrogen-bond acceptors (Lipinski definition) is 4. The molecule has 1 heterocycles. The SMILES string of the molecule is CC1(C)[C@@H]2CC[C@]1(CS(=O)(=O)N1CCOCC1)C(=O)C2. The number of hydrogen-bond donors (Lipinski definition) is 0. The molecule has 20 heavy (non-hydrogen) atoms. The molecular formula is C14H23NO4S. The molecule has 5 nitrogen and oxygen atoms in total. The van der Waals surface area contributed by atoms with Crippen LogP contribution in [-0.4, -0.2) is 50.6 Å². The molecule has 2 bridgehead atoms. The lowest BCUT2D eigenvalue weighted by Gasteiger charge is -2.38. The highest BCUT2D eigenvalue weighted by Crippen LogP contribution is 2.64. The Balaban J connectivity index is 1.88. The van der Waals surface area contributed by atoms with Crippen molar-refractivity contribution in [3.8, 4) is 0 Å². The van der Waals surface area contributed by atoms with Gasteiger partial charge in [-0.3, -0.25) is 4.79 Å². The maximum absolute atomic E-state index is 12.7. The zero-order valence-corrected chi connectivity index (χ0v) is 13.0. The van der Waals surface area contributed by atoms with E-state index in [-0.39, 0.29) is 17.0 Å². The highest BCUT2D eigenvalue weighted by atomic mass is 32.2. The fraction of sp³-hybridized carbons (Fsp3) is 0.929. The molecular weight excluding hydrogens is 278 g/mol. The van der Waals surface area contributed by atoms with Crippen LogP contribution in [0.2, 0.25) is 0 Å². The van der Waals surface area contributed by atoms with Crippen molar-refractivity contribution in [2.24, 2.45) is 16.7 Å². The first-order valence-corrected chi connectivity index (χ1v) is 8.99. The van der Waals surface area contributed by atoms with Gasteiger partial charge in [-0.15, -0.1) is 0 Å². The van der Waals surface area contributed by atoms with Gasteiger partial charge in [0.15, 0.2) is 0 Å². The van der Waals surface area contributed by atoms with Crippen LogP contribution in [0, 0.1) is 16.7 Å². The van der Waals surface area contributed by atoms with E-state index in [9.17, 15) is 13.2 Å². The molecule has 0 spiro atoms. The lowest BCUT2D eigenvalue weighted by atomic mass is 9.70. The number of sulfonamides is 1. The molecule has 114 valence electrons. The summed E-state index contributed by atoms with van der Waals surface area (Å²) in [5, 5.41) is 0.